The van der Waals surface area contributed by atoms with Crippen LogP contribution in [0.1, 0.15) is 27.0 Å². The lowest BCUT2D eigenvalue weighted by Gasteiger charge is -2.15. The molecule has 0 aliphatic rings. The Morgan fingerprint density at radius 1 is 1.17 bits per heavy atom. The summed E-state index contributed by atoms with van der Waals surface area (Å²) in [7, 11) is 0. The van der Waals surface area contributed by atoms with Gasteiger partial charge < -0.3 is 10.4 Å². The van der Waals surface area contributed by atoms with Gasteiger partial charge in [-0.25, -0.2) is 4.39 Å². The zero-order valence-corrected chi connectivity index (χ0v) is 14.4. The molecule has 124 valence electrons. The molecule has 0 saturated carbocycles. The van der Waals surface area contributed by atoms with E-state index in [1.807, 2.05) is 23.6 Å². The van der Waals surface area contributed by atoms with Crippen molar-refractivity contribution < 1.29 is 14.3 Å². The van der Waals surface area contributed by atoms with Crippen molar-refractivity contribution in [1.29, 1.82) is 0 Å². The van der Waals surface area contributed by atoms with Crippen LogP contribution in [0, 0.1) is 5.82 Å². The number of nitrogens with one attached hydrogen (secondary N) is 1. The van der Waals surface area contributed by atoms with Crippen molar-refractivity contribution in [2.75, 3.05) is 6.61 Å². The van der Waals surface area contributed by atoms with E-state index in [0.29, 0.717) is 11.3 Å². The lowest BCUT2D eigenvalue weighted by molar-refractivity contribution is 0.0935. The predicted molar refractivity (Wildman–Crippen MR) is 95.9 cm³/mol. The van der Waals surface area contributed by atoms with Gasteiger partial charge in [-0.3, -0.25) is 4.79 Å². The molecule has 0 radical (unpaired) electrons. The fourth-order valence-corrected chi connectivity index (χ4v) is 4.09. The van der Waals surface area contributed by atoms with E-state index in [1.165, 1.54) is 23.5 Å². The SMILES string of the molecule is O=C(N[C@H](CCO)c1cccs1)c1ccc(-c2ccc(F)cc2)s1. The molecule has 0 aliphatic carbocycles. The molecule has 0 saturated heterocycles. The van der Waals surface area contributed by atoms with E-state index < -0.39 is 0 Å². The molecule has 2 heterocycles. The van der Waals surface area contributed by atoms with Gasteiger partial charge in [0.1, 0.15) is 5.82 Å². The number of thiophene rings is 2. The minimum absolute atomic E-state index is 0.00805. The van der Waals surface area contributed by atoms with Crippen LogP contribution >= 0.6 is 22.7 Å². The molecule has 0 spiro atoms. The average molecular weight is 361 g/mol. The molecule has 24 heavy (non-hydrogen) atoms. The summed E-state index contributed by atoms with van der Waals surface area (Å²) in [6, 6.07) is 13.5. The van der Waals surface area contributed by atoms with E-state index in [-0.39, 0.29) is 24.4 Å². The molecule has 0 fully saturated rings. The third-order valence-electron chi connectivity index (χ3n) is 3.57. The number of rotatable bonds is 6. The highest BCUT2D eigenvalue weighted by Gasteiger charge is 2.18. The van der Waals surface area contributed by atoms with Crippen LogP contribution in [0.4, 0.5) is 4.39 Å². The van der Waals surface area contributed by atoms with Crippen molar-refractivity contribution in [3.05, 3.63) is 69.5 Å². The lowest BCUT2D eigenvalue weighted by atomic mass is 10.1. The molecule has 3 rings (SSSR count). The highest BCUT2D eigenvalue weighted by molar-refractivity contribution is 7.17. The van der Waals surface area contributed by atoms with Crippen LogP contribution in [0.25, 0.3) is 10.4 Å². The Hall–Kier alpha value is -2.02. The molecule has 3 nitrogen and oxygen atoms in total. The maximum Gasteiger partial charge on any atom is 0.261 e. The minimum atomic E-state index is -0.281. The summed E-state index contributed by atoms with van der Waals surface area (Å²) in [5, 5.41) is 14.1. The molecule has 1 atom stereocenters. The Morgan fingerprint density at radius 2 is 1.96 bits per heavy atom. The normalized spacial score (nSPS) is 12.1. The van der Waals surface area contributed by atoms with E-state index in [4.69, 9.17) is 0 Å². The van der Waals surface area contributed by atoms with Crippen molar-refractivity contribution in [2.24, 2.45) is 0 Å². The van der Waals surface area contributed by atoms with Gasteiger partial charge in [-0.1, -0.05) is 18.2 Å². The summed E-state index contributed by atoms with van der Waals surface area (Å²) in [5.74, 6) is -0.448. The average Bonchev–Trinajstić information content (AvgIpc) is 3.27. The summed E-state index contributed by atoms with van der Waals surface area (Å²) in [4.78, 5) is 15.0. The van der Waals surface area contributed by atoms with Gasteiger partial charge in [-0.15, -0.1) is 22.7 Å². The summed E-state index contributed by atoms with van der Waals surface area (Å²) in [5.41, 5.74) is 0.880. The van der Waals surface area contributed by atoms with E-state index >= 15 is 0 Å². The number of amides is 1. The number of benzene rings is 1. The number of halogens is 1. The molecule has 6 heteroatoms. The molecule has 2 aromatic heterocycles. The first-order valence-corrected chi connectivity index (χ1v) is 9.18. The van der Waals surface area contributed by atoms with Crippen molar-refractivity contribution in [3.63, 3.8) is 0 Å². The molecule has 3 aromatic rings. The summed E-state index contributed by atoms with van der Waals surface area (Å²) in [6.07, 6.45) is 0.475. The van der Waals surface area contributed by atoms with Crippen molar-refractivity contribution in [2.45, 2.75) is 12.5 Å². The van der Waals surface area contributed by atoms with Crippen LogP contribution in [-0.2, 0) is 0 Å². The molecular weight excluding hydrogens is 345 g/mol. The number of hydrogen-bond donors (Lipinski definition) is 2. The van der Waals surface area contributed by atoms with E-state index in [0.717, 1.165) is 15.3 Å². The zero-order valence-electron chi connectivity index (χ0n) is 12.7. The quantitative estimate of drug-likeness (QED) is 0.681. The van der Waals surface area contributed by atoms with Gasteiger partial charge in [0.15, 0.2) is 0 Å². The van der Waals surface area contributed by atoms with E-state index in [2.05, 4.69) is 5.32 Å². The van der Waals surface area contributed by atoms with Crippen LogP contribution in [-0.4, -0.2) is 17.6 Å². The smallest absolute Gasteiger partial charge is 0.261 e. The second kappa shape index (κ2) is 7.70. The van der Waals surface area contributed by atoms with Crippen LogP contribution in [0.5, 0.6) is 0 Å². The maximum absolute atomic E-state index is 13.0. The molecular formula is C18H16FNO2S2. The first-order valence-electron chi connectivity index (χ1n) is 7.48. The number of aliphatic hydroxyl groups is 1. The molecule has 0 aliphatic heterocycles. The van der Waals surface area contributed by atoms with Crippen molar-refractivity contribution in [3.8, 4) is 10.4 Å². The number of aliphatic hydroxyl groups excluding tert-OH is 1. The van der Waals surface area contributed by atoms with Gasteiger partial charge in [0, 0.05) is 16.4 Å². The first kappa shape index (κ1) is 16.8. The first-order chi connectivity index (χ1) is 11.7. The zero-order chi connectivity index (χ0) is 16.9. The molecule has 1 aromatic carbocycles. The van der Waals surface area contributed by atoms with Crippen molar-refractivity contribution in [1.82, 2.24) is 5.32 Å². The molecule has 0 unspecified atom stereocenters. The van der Waals surface area contributed by atoms with E-state index in [9.17, 15) is 14.3 Å². The van der Waals surface area contributed by atoms with Crippen molar-refractivity contribution >= 4 is 28.6 Å². The van der Waals surface area contributed by atoms with Crippen LogP contribution in [0.2, 0.25) is 0 Å². The Balaban J connectivity index is 1.74. The second-order valence-electron chi connectivity index (χ2n) is 5.22. The van der Waals surface area contributed by atoms with Crippen LogP contribution < -0.4 is 5.32 Å². The minimum Gasteiger partial charge on any atom is -0.396 e. The van der Waals surface area contributed by atoms with Gasteiger partial charge in [-0.05, 0) is 47.7 Å². The Labute approximate surface area is 147 Å². The number of hydrogen-bond acceptors (Lipinski definition) is 4. The Kier molecular flexibility index (Phi) is 5.40. The van der Waals surface area contributed by atoms with Crippen LogP contribution in [0.15, 0.2) is 53.9 Å². The van der Waals surface area contributed by atoms with Gasteiger partial charge in [-0.2, -0.15) is 0 Å². The van der Waals surface area contributed by atoms with Gasteiger partial charge in [0.25, 0.3) is 5.91 Å². The second-order valence-corrected chi connectivity index (χ2v) is 7.29. The maximum atomic E-state index is 13.0. The standard InChI is InChI=1S/C18H16FNO2S2/c19-13-5-3-12(4-6-13)15-7-8-17(24-15)18(22)20-14(9-10-21)16-2-1-11-23-16/h1-8,11,14,21H,9-10H2,(H,20,22)/t14-/m1/s1. The summed E-state index contributed by atoms with van der Waals surface area (Å²) >= 11 is 2.92. The lowest BCUT2D eigenvalue weighted by Crippen LogP contribution is -2.28. The summed E-state index contributed by atoms with van der Waals surface area (Å²) < 4.78 is 13.0. The highest BCUT2D eigenvalue weighted by atomic mass is 32.1. The molecule has 2 N–H and O–H groups in total. The van der Waals surface area contributed by atoms with Gasteiger partial charge in [0.05, 0.1) is 10.9 Å². The summed E-state index contributed by atoms with van der Waals surface area (Å²) in [6.45, 7) is 0.00805. The third kappa shape index (κ3) is 3.90. The number of carbonyl (C=O) groups excluding carboxylic acids is 1. The van der Waals surface area contributed by atoms with E-state index in [1.54, 1.807) is 29.5 Å². The third-order valence-corrected chi connectivity index (χ3v) is 5.69. The highest BCUT2D eigenvalue weighted by Crippen LogP contribution is 2.29. The molecule has 0 bridgehead atoms. The Morgan fingerprint density at radius 3 is 2.62 bits per heavy atom. The fraction of sp³-hybridized carbons (Fsp3) is 0.167. The van der Waals surface area contributed by atoms with Crippen LogP contribution in [0.3, 0.4) is 0 Å². The monoisotopic (exact) mass is 361 g/mol. The fourth-order valence-electron chi connectivity index (χ4n) is 2.36. The van der Waals surface area contributed by atoms with Gasteiger partial charge in [0.2, 0.25) is 0 Å². The van der Waals surface area contributed by atoms with Gasteiger partial charge >= 0.3 is 0 Å². The molecule has 1 amide bonds. The topological polar surface area (TPSA) is 49.3 Å². The largest absolute Gasteiger partial charge is 0.396 e. The number of carbonyl (C=O) groups is 1. The predicted octanol–water partition coefficient (Wildman–Crippen LogP) is 4.47. The Bertz CT molecular complexity index is 797.